The average molecular weight is 449 g/mol. The van der Waals surface area contributed by atoms with Crippen LogP contribution < -0.4 is 9.64 Å². The van der Waals surface area contributed by atoms with E-state index in [1.165, 1.54) is 4.90 Å². The number of hydrogen-bond acceptors (Lipinski definition) is 3. The predicted octanol–water partition coefficient (Wildman–Crippen LogP) is 4.54. The highest BCUT2D eigenvalue weighted by Gasteiger charge is 2.37. The monoisotopic (exact) mass is 448 g/mol. The van der Waals surface area contributed by atoms with Crippen molar-refractivity contribution in [2.45, 2.75) is 19.4 Å². The molecule has 1 aliphatic rings. The van der Waals surface area contributed by atoms with E-state index in [-0.39, 0.29) is 32.1 Å². The fraction of sp³-hybridized carbons (Fsp3) is 0.350. The predicted molar refractivity (Wildman–Crippen MR) is 101 cm³/mol. The number of carbonyl (C=O) groups is 1. The van der Waals surface area contributed by atoms with Gasteiger partial charge in [-0.3, -0.25) is 4.79 Å². The fourth-order valence-electron chi connectivity index (χ4n) is 3.23. The summed E-state index contributed by atoms with van der Waals surface area (Å²) in [5.41, 5.74) is -2.24. The topological polar surface area (TPSA) is 32.8 Å². The second-order valence-corrected chi connectivity index (χ2v) is 7.70. The maximum absolute atomic E-state index is 14.0. The SMILES string of the molecule is CC(C)(Oc1ccc(Cl)cc1)C(=O)N1CCN(c2c(F)c(F)c(F)c(F)c2F)CC1. The molecule has 1 heterocycles. The average Bonchev–Trinajstić information content (AvgIpc) is 2.72. The number of carbonyl (C=O) groups excluding carboxylic acids is 1. The summed E-state index contributed by atoms with van der Waals surface area (Å²) < 4.78 is 74.0. The van der Waals surface area contributed by atoms with Crippen LogP contribution in [0.15, 0.2) is 24.3 Å². The molecule has 0 atom stereocenters. The molecule has 2 aromatic carbocycles. The first-order chi connectivity index (χ1) is 14.0. The van der Waals surface area contributed by atoms with Gasteiger partial charge in [-0.2, -0.15) is 0 Å². The molecular weight excluding hydrogens is 431 g/mol. The highest BCUT2D eigenvalue weighted by molar-refractivity contribution is 6.30. The zero-order valence-corrected chi connectivity index (χ0v) is 16.9. The molecule has 0 saturated carbocycles. The molecule has 0 radical (unpaired) electrons. The summed E-state index contributed by atoms with van der Waals surface area (Å²) >= 11 is 5.83. The lowest BCUT2D eigenvalue weighted by atomic mass is 10.1. The smallest absolute Gasteiger partial charge is 0.266 e. The van der Waals surface area contributed by atoms with Crippen LogP contribution in [-0.4, -0.2) is 42.6 Å². The molecule has 3 rings (SSSR count). The quantitative estimate of drug-likeness (QED) is 0.391. The first-order valence-electron chi connectivity index (χ1n) is 9.03. The molecule has 1 amide bonds. The first-order valence-corrected chi connectivity index (χ1v) is 9.41. The molecule has 30 heavy (non-hydrogen) atoms. The van der Waals surface area contributed by atoms with Crippen LogP contribution >= 0.6 is 11.6 Å². The van der Waals surface area contributed by atoms with Gasteiger partial charge in [0.2, 0.25) is 5.82 Å². The van der Waals surface area contributed by atoms with Gasteiger partial charge in [0.15, 0.2) is 28.9 Å². The highest BCUT2D eigenvalue weighted by Crippen LogP contribution is 2.31. The lowest BCUT2D eigenvalue weighted by Gasteiger charge is -2.39. The molecule has 0 N–H and O–H groups in total. The van der Waals surface area contributed by atoms with E-state index < -0.39 is 40.4 Å². The van der Waals surface area contributed by atoms with Crippen molar-refractivity contribution in [2.75, 3.05) is 31.1 Å². The van der Waals surface area contributed by atoms with Crippen molar-refractivity contribution in [1.29, 1.82) is 0 Å². The number of ether oxygens (including phenoxy) is 1. The first kappa shape index (κ1) is 22.1. The highest BCUT2D eigenvalue weighted by atomic mass is 35.5. The van der Waals surface area contributed by atoms with Crippen LogP contribution in [0.5, 0.6) is 5.75 Å². The largest absolute Gasteiger partial charge is 0.478 e. The Labute approximate surface area is 174 Å². The Morgan fingerprint density at radius 1 is 0.867 bits per heavy atom. The third-order valence-corrected chi connectivity index (χ3v) is 5.02. The van der Waals surface area contributed by atoms with Crippen molar-refractivity contribution in [1.82, 2.24) is 4.90 Å². The van der Waals surface area contributed by atoms with E-state index in [1.807, 2.05) is 0 Å². The van der Waals surface area contributed by atoms with Crippen LogP contribution in [0.3, 0.4) is 0 Å². The fourth-order valence-corrected chi connectivity index (χ4v) is 3.35. The van der Waals surface area contributed by atoms with Crippen molar-refractivity contribution in [2.24, 2.45) is 0 Å². The van der Waals surface area contributed by atoms with E-state index in [0.717, 1.165) is 4.90 Å². The van der Waals surface area contributed by atoms with Gasteiger partial charge in [-0.15, -0.1) is 0 Å². The standard InChI is InChI=1S/C20H18ClF5N2O2/c1-20(2,30-12-5-3-11(21)4-6-12)19(29)28-9-7-27(8-10-28)18-16(25)14(23)13(22)15(24)17(18)26/h3-6H,7-10H2,1-2H3. The molecule has 162 valence electrons. The maximum atomic E-state index is 14.0. The minimum atomic E-state index is -2.20. The summed E-state index contributed by atoms with van der Waals surface area (Å²) in [6.07, 6.45) is 0. The number of benzene rings is 2. The lowest BCUT2D eigenvalue weighted by Crippen LogP contribution is -2.56. The molecule has 0 aromatic heterocycles. The van der Waals surface area contributed by atoms with Gasteiger partial charge < -0.3 is 14.5 Å². The molecule has 2 aromatic rings. The minimum absolute atomic E-state index is 0.0196. The van der Waals surface area contributed by atoms with Gasteiger partial charge in [0.1, 0.15) is 11.4 Å². The molecule has 1 saturated heterocycles. The number of nitrogens with zero attached hydrogens (tertiary/aromatic N) is 2. The van der Waals surface area contributed by atoms with Gasteiger partial charge in [-0.1, -0.05) is 11.6 Å². The summed E-state index contributed by atoms with van der Waals surface area (Å²) in [4.78, 5) is 15.3. The Balaban J connectivity index is 1.71. The Morgan fingerprint density at radius 3 is 1.83 bits per heavy atom. The van der Waals surface area contributed by atoms with Gasteiger partial charge in [0.25, 0.3) is 5.91 Å². The van der Waals surface area contributed by atoms with Crippen molar-refractivity contribution in [3.63, 3.8) is 0 Å². The Kier molecular flexibility index (Phi) is 6.12. The lowest BCUT2D eigenvalue weighted by molar-refractivity contribution is -0.145. The van der Waals surface area contributed by atoms with Crippen molar-refractivity contribution in [3.05, 3.63) is 58.4 Å². The van der Waals surface area contributed by atoms with Crippen LogP contribution in [0.1, 0.15) is 13.8 Å². The zero-order valence-electron chi connectivity index (χ0n) is 16.1. The van der Waals surface area contributed by atoms with E-state index in [2.05, 4.69) is 0 Å². The Bertz CT molecular complexity index is 932. The van der Waals surface area contributed by atoms with Gasteiger partial charge in [-0.25, -0.2) is 22.0 Å². The summed E-state index contributed by atoms with van der Waals surface area (Å²) in [5, 5.41) is 0.510. The van der Waals surface area contributed by atoms with E-state index in [4.69, 9.17) is 16.3 Å². The van der Waals surface area contributed by atoms with E-state index in [0.29, 0.717) is 10.8 Å². The second kappa shape index (κ2) is 8.29. The molecule has 0 bridgehead atoms. The van der Waals surface area contributed by atoms with Gasteiger partial charge in [-0.05, 0) is 38.1 Å². The number of anilines is 1. The Morgan fingerprint density at radius 2 is 1.33 bits per heavy atom. The Hall–Kier alpha value is -2.55. The van der Waals surface area contributed by atoms with Crippen LogP contribution in [-0.2, 0) is 4.79 Å². The molecular formula is C20H18ClF5N2O2. The number of piperazine rings is 1. The second-order valence-electron chi connectivity index (χ2n) is 7.26. The van der Waals surface area contributed by atoms with Crippen LogP contribution in [0.25, 0.3) is 0 Å². The minimum Gasteiger partial charge on any atom is -0.478 e. The molecule has 4 nitrogen and oxygen atoms in total. The number of amides is 1. The zero-order chi connectivity index (χ0) is 22.2. The van der Waals surface area contributed by atoms with Gasteiger partial charge in [0.05, 0.1) is 0 Å². The molecule has 1 aliphatic heterocycles. The van der Waals surface area contributed by atoms with E-state index in [1.54, 1.807) is 38.1 Å². The van der Waals surface area contributed by atoms with Crippen LogP contribution in [0.4, 0.5) is 27.6 Å². The van der Waals surface area contributed by atoms with Crippen molar-refractivity contribution >= 4 is 23.2 Å². The summed E-state index contributed by atoms with van der Waals surface area (Å²) in [6.45, 7) is 2.96. The van der Waals surface area contributed by atoms with E-state index in [9.17, 15) is 26.7 Å². The molecule has 1 fully saturated rings. The maximum Gasteiger partial charge on any atom is 0.266 e. The van der Waals surface area contributed by atoms with E-state index >= 15 is 0 Å². The van der Waals surface area contributed by atoms with Gasteiger partial charge in [0, 0.05) is 31.2 Å². The van der Waals surface area contributed by atoms with Crippen molar-refractivity contribution < 1.29 is 31.5 Å². The normalized spacial score (nSPS) is 14.8. The summed E-state index contributed by atoms with van der Waals surface area (Å²) in [5.74, 6) is -9.94. The van der Waals surface area contributed by atoms with Crippen molar-refractivity contribution in [3.8, 4) is 5.75 Å². The molecule has 0 unspecified atom stereocenters. The third kappa shape index (κ3) is 4.16. The molecule has 10 heteroatoms. The molecule has 0 aliphatic carbocycles. The number of halogens is 6. The molecule has 0 spiro atoms. The number of hydrogen-bond donors (Lipinski definition) is 0. The summed E-state index contributed by atoms with van der Waals surface area (Å²) in [7, 11) is 0. The number of rotatable bonds is 4. The summed E-state index contributed by atoms with van der Waals surface area (Å²) in [6, 6.07) is 6.44. The van der Waals surface area contributed by atoms with Gasteiger partial charge >= 0.3 is 0 Å². The van der Waals surface area contributed by atoms with Crippen LogP contribution in [0, 0.1) is 29.1 Å². The van der Waals surface area contributed by atoms with Crippen LogP contribution in [0.2, 0.25) is 5.02 Å². The third-order valence-electron chi connectivity index (χ3n) is 4.77.